The van der Waals surface area contributed by atoms with E-state index in [4.69, 9.17) is 0 Å². The van der Waals surface area contributed by atoms with Crippen LogP contribution in [0.15, 0.2) is 24.3 Å². The number of carbonyl (C=O) groups is 2. The topological polar surface area (TPSA) is 43.9 Å². The van der Waals surface area contributed by atoms with E-state index in [2.05, 4.69) is 17.9 Å². The van der Waals surface area contributed by atoms with Crippen molar-refractivity contribution in [3.63, 3.8) is 0 Å². The lowest BCUT2D eigenvalue weighted by Crippen LogP contribution is -2.56. The SMILES string of the molecule is CCCN1CCN(C(=O)C(CC)N2C(=O)CCCc3ccccc32)CC1. The van der Waals surface area contributed by atoms with Crippen molar-refractivity contribution in [2.45, 2.75) is 52.0 Å². The number of nitrogens with zero attached hydrogens (tertiary/aromatic N) is 3. The summed E-state index contributed by atoms with van der Waals surface area (Å²) in [5.41, 5.74) is 2.11. The fourth-order valence-corrected chi connectivity index (χ4v) is 4.17. The summed E-state index contributed by atoms with van der Waals surface area (Å²) in [4.78, 5) is 32.3. The Kier molecular flexibility index (Phi) is 6.30. The number of aryl methyl sites for hydroxylation is 1. The molecule has 2 amide bonds. The molecule has 1 atom stereocenters. The van der Waals surface area contributed by atoms with Crippen molar-refractivity contribution < 1.29 is 9.59 Å². The van der Waals surface area contributed by atoms with Gasteiger partial charge in [-0.3, -0.25) is 19.4 Å². The van der Waals surface area contributed by atoms with Gasteiger partial charge in [0, 0.05) is 38.3 Å². The molecule has 2 aliphatic rings. The van der Waals surface area contributed by atoms with Crippen molar-refractivity contribution in [3.8, 4) is 0 Å². The molecule has 5 heteroatoms. The molecule has 0 N–H and O–H groups in total. The standard InChI is InChI=1S/C21H31N3O2/c1-3-12-22-13-15-23(16-14-22)21(26)18(4-2)24-19-10-6-5-8-17(19)9-7-11-20(24)25/h5-6,8,10,18H,3-4,7,9,11-16H2,1-2H3. The summed E-state index contributed by atoms with van der Waals surface area (Å²) in [6.45, 7) is 8.68. The van der Waals surface area contributed by atoms with Gasteiger partial charge in [-0.25, -0.2) is 0 Å². The van der Waals surface area contributed by atoms with Crippen molar-refractivity contribution in [3.05, 3.63) is 29.8 Å². The smallest absolute Gasteiger partial charge is 0.245 e. The fourth-order valence-electron chi connectivity index (χ4n) is 4.17. The number of anilines is 1. The van der Waals surface area contributed by atoms with Crippen molar-refractivity contribution in [1.82, 2.24) is 9.80 Å². The van der Waals surface area contributed by atoms with Gasteiger partial charge in [0.25, 0.3) is 0 Å². The third kappa shape index (κ3) is 3.93. The Morgan fingerprint density at radius 1 is 1.08 bits per heavy atom. The van der Waals surface area contributed by atoms with Crippen LogP contribution < -0.4 is 4.90 Å². The highest BCUT2D eigenvalue weighted by Gasteiger charge is 2.35. The minimum absolute atomic E-state index is 0.0831. The Labute approximate surface area is 156 Å². The first-order valence-electron chi connectivity index (χ1n) is 10.1. The van der Waals surface area contributed by atoms with Gasteiger partial charge >= 0.3 is 0 Å². The zero-order valence-electron chi connectivity index (χ0n) is 16.1. The summed E-state index contributed by atoms with van der Waals surface area (Å²) in [7, 11) is 0. The Hall–Kier alpha value is -1.88. The van der Waals surface area contributed by atoms with Gasteiger partial charge in [0.05, 0.1) is 0 Å². The summed E-state index contributed by atoms with van der Waals surface area (Å²) in [5, 5.41) is 0. The van der Waals surface area contributed by atoms with Crippen LogP contribution in [-0.2, 0) is 16.0 Å². The maximum atomic E-state index is 13.3. The number of amides is 2. The number of para-hydroxylation sites is 1. The van der Waals surface area contributed by atoms with Crippen molar-refractivity contribution >= 4 is 17.5 Å². The Morgan fingerprint density at radius 3 is 2.50 bits per heavy atom. The molecule has 0 saturated carbocycles. The van der Waals surface area contributed by atoms with E-state index in [1.807, 2.05) is 30.0 Å². The van der Waals surface area contributed by atoms with Crippen LogP contribution in [0.2, 0.25) is 0 Å². The van der Waals surface area contributed by atoms with Gasteiger partial charge < -0.3 is 4.90 Å². The summed E-state index contributed by atoms with van der Waals surface area (Å²) < 4.78 is 0. The predicted octanol–water partition coefficient (Wildman–Crippen LogP) is 2.69. The highest BCUT2D eigenvalue weighted by molar-refractivity contribution is 6.01. The molecule has 26 heavy (non-hydrogen) atoms. The quantitative estimate of drug-likeness (QED) is 0.814. The molecule has 1 saturated heterocycles. The van der Waals surface area contributed by atoms with Gasteiger partial charge in [-0.2, -0.15) is 0 Å². The van der Waals surface area contributed by atoms with Crippen LogP contribution in [0, 0.1) is 0 Å². The second-order valence-electron chi connectivity index (χ2n) is 7.34. The van der Waals surface area contributed by atoms with E-state index in [9.17, 15) is 9.59 Å². The molecule has 2 aliphatic heterocycles. The molecular formula is C21H31N3O2. The number of piperazine rings is 1. The predicted molar refractivity (Wildman–Crippen MR) is 104 cm³/mol. The molecule has 0 radical (unpaired) electrons. The number of rotatable bonds is 5. The van der Waals surface area contributed by atoms with Crippen molar-refractivity contribution in [2.75, 3.05) is 37.6 Å². The van der Waals surface area contributed by atoms with E-state index in [0.717, 1.165) is 57.7 Å². The lowest BCUT2D eigenvalue weighted by atomic mass is 10.1. The Morgan fingerprint density at radius 2 is 1.81 bits per heavy atom. The summed E-state index contributed by atoms with van der Waals surface area (Å²) >= 11 is 0. The molecule has 0 aromatic heterocycles. The number of hydrogen-bond acceptors (Lipinski definition) is 3. The second-order valence-corrected chi connectivity index (χ2v) is 7.34. The van der Waals surface area contributed by atoms with E-state index in [-0.39, 0.29) is 17.9 Å². The molecule has 1 aromatic carbocycles. The highest BCUT2D eigenvalue weighted by atomic mass is 16.2. The molecule has 1 unspecified atom stereocenters. The first-order valence-corrected chi connectivity index (χ1v) is 10.1. The van der Waals surface area contributed by atoms with Gasteiger partial charge in [-0.15, -0.1) is 0 Å². The van der Waals surface area contributed by atoms with E-state index in [0.29, 0.717) is 12.8 Å². The lowest BCUT2D eigenvalue weighted by molar-refractivity contribution is -0.136. The van der Waals surface area contributed by atoms with Crippen molar-refractivity contribution in [2.24, 2.45) is 0 Å². The largest absolute Gasteiger partial charge is 0.338 e. The zero-order chi connectivity index (χ0) is 18.5. The number of benzene rings is 1. The molecule has 0 aliphatic carbocycles. The van der Waals surface area contributed by atoms with E-state index in [1.165, 1.54) is 5.56 Å². The van der Waals surface area contributed by atoms with Crippen LogP contribution in [0.1, 0.15) is 45.1 Å². The van der Waals surface area contributed by atoms with Gasteiger partial charge in [-0.1, -0.05) is 32.0 Å². The van der Waals surface area contributed by atoms with Crippen LogP contribution in [0.4, 0.5) is 5.69 Å². The lowest BCUT2D eigenvalue weighted by Gasteiger charge is -2.39. The zero-order valence-corrected chi connectivity index (χ0v) is 16.1. The van der Waals surface area contributed by atoms with Crippen LogP contribution in [0.3, 0.4) is 0 Å². The van der Waals surface area contributed by atoms with Gasteiger partial charge in [0.1, 0.15) is 6.04 Å². The maximum absolute atomic E-state index is 13.3. The average molecular weight is 357 g/mol. The molecule has 3 rings (SSSR count). The molecule has 0 spiro atoms. The molecule has 1 fully saturated rings. The van der Waals surface area contributed by atoms with Crippen molar-refractivity contribution in [1.29, 1.82) is 0 Å². The fraction of sp³-hybridized carbons (Fsp3) is 0.619. The van der Waals surface area contributed by atoms with Gasteiger partial charge in [0.15, 0.2) is 0 Å². The Balaban J connectivity index is 1.79. The van der Waals surface area contributed by atoms with E-state index >= 15 is 0 Å². The highest BCUT2D eigenvalue weighted by Crippen LogP contribution is 2.30. The molecular weight excluding hydrogens is 326 g/mol. The average Bonchev–Trinajstić information content (AvgIpc) is 2.82. The molecule has 5 nitrogen and oxygen atoms in total. The summed E-state index contributed by atoms with van der Waals surface area (Å²) in [5.74, 6) is 0.188. The van der Waals surface area contributed by atoms with Gasteiger partial charge in [-0.05, 0) is 43.9 Å². The first kappa shape index (κ1) is 18.9. The number of fused-ring (bicyclic) bond motifs is 1. The van der Waals surface area contributed by atoms with Crippen LogP contribution in [0.25, 0.3) is 0 Å². The van der Waals surface area contributed by atoms with E-state index < -0.39 is 0 Å². The minimum atomic E-state index is -0.389. The minimum Gasteiger partial charge on any atom is -0.338 e. The van der Waals surface area contributed by atoms with Crippen LogP contribution in [-0.4, -0.2) is 60.4 Å². The molecule has 0 bridgehead atoms. The number of hydrogen-bond donors (Lipinski definition) is 0. The first-order chi connectivity index (χ1) is 12.7. The van der Waals surface area contributed by atoms with Gasteiger partial charge in [0.2, 0.25) is 11.8 Å². The molecule has 2 heterocycles. The second kappa shape index (κ2) is 8.67. The summed E-state index contributed by atoms with van der Waals surface area (Å²) in [6.07, 6.45) is 4.06. The normalized spacial score (nSPS) is 19.8. The molecule has 1 aromatic rings. The van der Waals surface area contributed by atoms with Crippen LogP contribution in [0.5, 0.6) is 0 Å². The maximum Gasteiger partial charge on any atom is 0.245 e. The monoisotopic (exact) mass is 357 g/mol. The molecule has 142 valence electrons. The Bertz CT molecular complexity index is 638. The number of carbonyl (C=O) groups excluding carboxylic acids is 2. The third-order valence-corrected chi connectivity index (χ3v) is 5.56. The van der Waals surface area contributed by atoms with E-state index in [1.54, 1.807) is 4.90 Å². The van der Waals surface area contributed by atoms with Crippen LogP contribution >= 0.6 is 0 Å². The summed E-state index contributed by atoms with van der Waals surface area (Å²) in [6, 6.07) is 7.67. The third-order valence-electron chi connectivity index (χ3n) is 5.56.